The largest absolute Gasteiger partial charge is 0.0654 e. The summed E-state index contributed by atoms with van der Waals surface area (Å²) in [6.45, 7) is 21.9. The fourth-order valence-electron chi connectivity index (χ4n) is 3.89. The van der Waals surface area contributed by atoms with E-state index in [4.69, 9.17) is 0 Å². The van der Waals surface area contributed by atoms with Gasteiger partial charge in [0.05, 0.1) is 0 Å². The lowest BCUT2D eigenvalue weighted by molar-refractivity contribution is 0.0637. The molecule has 0 aromatic heterocycles. The molecule has 0 aliphatic heterocycles. The Kier molecular flexibility index (Phi) is 8.44. The maximum Gasteiger partial charge on any atom is -0.0323 e. The van der Waals surface area contributed by atoms with Crippen LogP contribution in [0.4, 0.5) is 0 Å². The predicted octanol–water partition coefficient (Wildman–Crippen LogP) is 7.33. The van der Waals surface area contributed by atoms with E-state index < -0.39 is 0 Å². The highest BCUT2D eigenvalue weighted by Crippen LogP contribution is 2.46. The molecule has 0 saturated heterocycles. The molecule has 0 aromatic rings. The Bertz CT molecular complexity index is 245. The summed E-state index contributed by atoms with van der Waals surface area (Å²) in [7, 11) is 0. The molecule has 2 unspecified atom stereocenters. The van der Waals surface area contributed by atoms with Crippen LogP contribution in [0.3, 0.4) is 0 Å². The van der Waals surface area contributed by atoms with Gasteiger partial charge in [-0.25, -0.2) is 0 Å². The summed E-state index contributed by atoms with van der Waals surface area (Å²) in [6.07, 6.45) is 8.06. The van der Waals surface area contributed by atoms with Crippen LogP contribution >= 0.6 is 0 Å². The second kappa shape index (κ2) is 8.44. The first-order valence-corrected chi connectivity index (χ1v) is 9.16. The van der Waals surface area contributed by atoms with Crippen molar-refractivity contribution < 1.29 is 0 Å². The van der Waals surface area contributed by atoms with Crippen molar-refractivity contribution in [2.24, 2.45) is 28.6 Å². The van der Waals surface area contributed by atoms with Crippen LogP contribution in [0.1, 0.15) is 101 Å². The first-order valence-electron chi connectivity index (χ1n) is 9.16. The van der Waals surface area contributed by atoms with E-state index in [1.54, 1.807) is 0 Å². The van der Waals surface area contributed by atoms with E-state index in [0.29, 0.717) is 10.8 Å². The molecule has 0 heteroatoms. The third-order valence-corrected chi connectivity index (χ3v) is 6.37. The molecule has 122 valence electrons. The molecule has 0 aromatic carbocycles. The van der Waals surface area contributed by atoms with Gasteiger partial charge >= 0.3 is 0 Å². The van der Waals surface area contributed by atoms with Gasteiger partial charge < -0.3 is 0 Å². The van der Waals surface area contributed by atoms with Crippen molar-refractivity contribution in [2.75, 3.05) is 0 Å². The van der Waals surface area contributed by atoms with Gasteiger partial charge in [0, 0.05) is 0 Å². The Hall–Kier alpha value is 0. The van der Waals surface area contributed by atoms with Gasteiger partial charge in [0.1, 0.15) is 0 Å². The van der Waals surface area contributed by atoms with Gasteiger partial charge in [-0.05, 0) is 41.4 Å². The van der Waals surface area contributed by atoms with Crippen LogP contribution in [0, 0.1) is 28.6 Å². The van der Waals surface area contributed by atoms with E-state index in [9.17, 15) is 0 Å². The normalized spacial score (nSPS) is 16.5. The molecule has 0 radical (unpaired) electrons. The van der Waals surface area contributed by atoms with E-state index in [-0.39, 0.29) is 0 Å². The average molecular weight is 283 g/mol. The Balaban J connectivity index is 5.14. The first-order chi connectivity index (χ1) is 9.16. The van der Waals surface area contributed by atoms with Crippen LogP contribution in [0.2, 0.25) is 0 Å². The zero-order valence-corrected chi connectivity index (χ0v) is 16.0. The number of hydrogen-bond acceptors (Lipinski definition) is 0. The third kappa shape index (κ3) is 5.41. The Morgan fingerprint density at radius 2 is 1.30 bits per heavy atom. The molecule has 0 heterocycles. The van der Waals surface area contributed by atoms with Crippen molar-refractivity contribution in [1.82, 2.24) is 0 Å². The molecule has 0 amide bonds. The lowest BCUT2D eigenvalue weighted by atomic mass is 9.62. The fourth-order valence-corrected chi connectivity index (χ4v) is 3.89. The summed E-state index contributed by atoms with van der Waals surface area (Å²) in [5.74, 6) is 2.58. The fraction of sp³-hybridized carbons (Fsp3) is 1.00. The second-order valence-electron chi connectivity index (χ2n) is 8.40. The van der Waals surface area contributed by atoms with Crippen molar-refractivity contribution in [1.29, 1.82) is 0 Å². The lowest BCUT2D eigenvalue weighted by Gasteiger charge is -2.43. The van der Waals surface area contributed by atoms with Gasteiger partial charge in [-0.1, -0.05) is 88.0 Å². The van der Waals surface area contributed by atoms with Gasteiger partial charge in [-0.15, -0.1) is 0 Å². The standard InChI is InChI=1S/C20H42/c1-10-14-20(8,9)18(17(11-2)12-3)15-16(5)19(6,7)13-4/h16-18H,10-15H2,1-9H3. The highest BCUT2D eigenvalue weighted by Gasteiger charge is 2.37. The van der Waals surface area contributed by atoms with Gasteiger partial charge in [0.15, 0.2) is 0 Å². The van der Waals surface area contributed by atoms with E-state index in [1.165, 1.54) is 38.5 Å². The van der Waals surface area contributed by atoms with Gasteiger partial charge in [-0.3, -0.25) is 0 Å². The van der Waals surface area contributed by atoms with Crippen molar-refractivity contribution in [3.63, 3.8) is 0 Å². The average Bonchev–Trinajstić information content (AvgIpc) is 2.38. The summed E-state index contributed by atoms with van der Waals surface area (Å²) >= 11 is 0. The van der Waals surface area contributed by atoms with E-state index >= 15 is 0 Å². The smallest absolute Gasteiger partial charge is 0.0323 e. The first kappa shape index (κ1) is 20.0. The molecule has 2 atom stereocenters. The Morgan fingerprint density at radius 1 is 0.800 bits per heavy atom. The SMILES string of the molecule is CCCC(C)(C)C(CC(C)C(C)(C)CC)C(CC)CC. The molecule has 0 nitrogen and oxygen atoms in total. The zero-order chi connectivity index (χ0) is 16.0. The zero-order valence-electron chi connectivity index (χ0n) is 16.0. The van der Waals surface area contributed by atoms with Crippen molar-refractivity contribution >= 4 is 0 Å². The van der Waals surface area contributed by atoms with Gasteiger partial charge in [0.25, 0.3) is 0 Å². The van der Waals surface area contributed by atoms with Crippen LogP contribution in [0.25, 0.3) is 0 Å². The highest BCUT2D eigenvalue weighted by atomic mass is 14.4. The minimum absolute atomic E-state index is 0.479. The summed E-state index contributed by atoms with van der Waals surface area (Å²) in [4.78, 5) is 0. The van der Waals surface area contributed by atoms with Crippen molar-refractivity contribution in [3.05, 3.63) is 0 Å². The monoisotopic (exact) mass is 282 g/mol. The van der Waals surface area contributed by atoms with Gasteiger partial charge in [-0.2, -0.15) is 0 Å². The van der Waals surface area contributed by atoms with Crippen molar-refractivity contribution in [2.45, 2.75) is 101 Å². The van der Waals surface area contributed by atoms with Crippen LogP contribution in [0.5, 0.6) is 0 Å². The van der Waals surface area contributed by atoms with Crippen molar-refractivity contribution in [3.8, 4) is 0 Å². The summed E-state index contributed by atoms with van der Waals surface area (Å²) < 4.78 is 0. The molecular formula is C20H42. The van der Waals surface area contributed by atoms with Crippen LogP contribution in [-0.2, 0) is 0 Å². The van der Waals surface area contributed by atoms with E-state index in [2.05, 4.69) is 62.3 Å². The molecule has 0 saturated carbocycles. The summed E-state index contributed by atoms with van der Waals surface area (Å²) in [5.41, 5.74) is 0.968. The summed E-state index contributed by atoms with van der Waals surface area (Å²) in [5, 5.41) is 0. The van der Waals surface area contributed by atoms with Gasteiger partial charge in [0.2, 0.25) is 0 Å². The molecule has 0 fully saturated rings. The molecule has 0 spiro atoms. The molecule has 0 aliphatic carbocycles. The molecule has 0 N–H and O–H groups in total. The maximum atomic E-state index is 2.52. The van der Waals surface area contributed by atoms with E-state index in [1.807, 2.05) is 0 Å². The van der Waals surface area contributed by atoms with Crippen LogP contribution in [-0.4, -0.2) is 0 Å². The summed E-state index contributed by atoms with van der Waals surface area (Å²) in [6, 6.07) is 0. The minimum atomic E-state index is 0.479. The molecular weight excluding hydrogens is 240 g/mol. The third-order valence-electron chi connectivity index (χ3n) is 6.37. The second-order valence-corrected chi connectivity index (χ2v) is 8.40. The molecule has 0 aliphatic rings. The quantitative estimate of drug-likeness (QED) is 0.393. The predicted molar refractivity (Wildman–Crippen MR) is 94.1 cm³/mol. The molecule has 0 rings (SSSR count). The topological polar surface area (TPSA) is 0 Å². The lowest BCUT2D eigenvalue weighted by Crippen LogP contribution is -2.34. The van der Waals surface area contributed by atoms with Crippen LogP contribution in [0.15, 0.2) is 0 Å². The Labute approximate surface area is 130 Å². The minimum Gasteiger partial charge on any atom is -0.0654 e. The number of rotatable bonds is 10. The molecule has 0 bridgehead atoms. The van der Waals surface area contributed by atoms with Crippen LogP contribution < -0.4 is 0 Å². The maximum absolute atomic E-state index is 2.52. The Morgan fingerprint density at radius 3 is 1.65 bits per heavy atom. The van der Waals surface area contributed by atoms with E-state index in [0.717, 1.165) is 17.8 Å². The highest BCUT2D eigenvalue weighted by molar-refractivity contribution is 4.86. The number of hydrogen-bond donors (Lipinski definition) is 0. The molecule has 20 heavy (non-hydrogen) atoms.